The van der Waals surface area contributed by atoms with E-state index in [1.54, 1.807) is 0 Å². The van der Waals surface area contributed by atoms with E-state index in [1.165, 1.54) is 0 Å². The summed E-state index contributed by atoms with van der Waals surface area (Å²) in [4.78, 5) is 0. The minimum absolute atomic E-state index is 0.214. The van der Waals surface area contributed by atoms with E-state index in [1.807, 2.05) is 6.92 Å². The molecule has 3 heteroatoms. The fourth-order valence-corrected chi connectivity index (χ4v) is 2.02. The predicted molar refractivity (Wildman–Crippen MR) is 55.8 cm³/mol. The molecule has 0 bridgehead atoms. The summed E-state index contributed by atoms with van der Waals surface area (Å²) in [6.45, 7) is 8.07. The SMILES string of the molecule is CCOC1CC(NCCC#N)C1(C)C. The van der Waals surface area contributed by atoms with Crippen molar-refractivity contribution in [3.8, 4) is 6.07 Å². The maximum absolute atomic E-state index is 8.42. The van der Waals surface area contributed by atoms with Gasteiger partial charge in [0, 0.05) is 31.0 Å². The molecule has 14 heavy (non-hydrogen) atoms. The van der Waals surface area contributed by atoms with Gasteiger partial charge in [-0.05, 0) is 13.3 Å². The van der Waals surface area contributed by atoms with E-state index < -0.39 is 0 Å². The van der Waals surface area contributed by atoms with E-state index in [0.29, 0.717) is 18.6 Å². The number of hydrogen-bond donors (Lipinski definition) is 1. The normalized spacial score (nSPS) is 29.3. The highest BCUT2D eigenvalue weighted by Crippen LogP contribution is 2.42. The summed E-state index contributed by atoms with van der Waals surface area (Å²) < 4.78 is 5.62. The number of rotatable bonds is 5. The molecule has 0 heterocycles. The summed E-state index contributed by atoms with van der Waals surface area (Å²) in [7, 11) is 0. The zero-order valence-electron chi connectivity index (χ0n) is 9.34. The molecule has 0 radical (unpaired) electrons. The summed E-state index contributed by atoms with van der Waals surface area (Å²) in [5.41, 5.74) is 0.214. The van der Waals surface area contributed by atoms with Crippen LogP contribution in [-0.2, 0) is 4.74 Å². The lowest BCUT2D eigenvalue weighted by Crippen LogP contribution is -2.61. The van der Waals surface area contributed by atoms with Crippen molar-refractivity contribution in [2.45, 2.75) is 45.8 Å². The average molecular weight is 196 g/mol. The molecular weight excluding hydrogens is 176 g/mol. The Morgan fingerprint density at radius 1 is 1.57 bits per heavy atom. The lowest BCUT2D eigenvalue weighted by molar-refractivity contribution is -0.113. The second kappa shape index (κ2) is 4.77. The molecule has 1 N–H and O–H groups in total. The van der Waals surface area contributed by atoms with E-state index in [0.717, 1.165) is 19.6 Å². The van der Waals surface area contributed by atoms with Gasteiger partial charge in [0.2, 0.25) is 0 Å². The smallest absolute Gasteiger partial charge is 0.0655 e. The zero-order valence-corrected chi connectivity index (χ0v) is 9.34. The van der Waals surface area contributed by atoms with Crippen molar-refractivity contribution in [1.29, 1.82) is 5.26 Å². The Bertz CT molecular complexity index is 220. The molecule has 80 valence electrons. The van der Waals surface area contributed by atoms with Crippen LogP contribution in [0.1, 0.15) is 33.6 Å². The number of nitriles is 1. The van der Waals surface area contributed by atoms with Crippen LogP contribution in [0.2, 0.25) is 0 Å². The van der Waals surface area contributed by atoms with Crippen molar-refractivity contribution >= 4 is 0 Å². The molecule has 0 amide bonds. The Hall–Kier alpha value is -0.590. The van der Waals surface area contributed by atoms with Gasteiger partial charge in [0.05, 0.1) is 12.2 Å². The second-order valence-corrected chi connectivity index (χ2v) is 4.42. The van der Waals surface area contributed by atoms with E-state index >= 15 is 0 Å². The van der Waals surface area contributed by atoms with E-state index in [-0.39, 0.29) is 5.41 Å². The van der Waals surface area contributed by atoms with Crippen LogP contribution in [0.4, 0.5) is 0 Å². The third kappa shape index (κ3) is 2.26. The molecule has 0 aromatic rings. The lowest BCUT2D eigenvalue weighted by atomic mass is 9.64. The van der Waals surface area contributed by atoms with Crippen LogP contribution in [-0.4, -0.2) is 25.3 Å². The largest absolute Gasteiger partial charge is 0.378 e. The molecule has 0 saturated heterocycles. The Morgan fingerprint density at radius 2 is 2.29 bits per heavy atom. The molecule has 0 spiro atoms. The van der Waals surface area contributed by atoms with Gasteiger partial charge in [0.1, 0.15) is 0 Å². The summed E-state index contributed by atoms with van der Waals surface area (Å²) in [5, 5.41) is 11.8. The first-order valence-electron chi connectivity index (χ1n) is 5.34. The zero-order chi connectivity index (χ0) is 10.6. The monoisotopic (exact) mass is 196 g/mol. The van der Waals surface area contributed by atoms with Gasteiger partial charge in [-0.1, -0.05) is 13.8 Å². The number of ether oxygens (including phenoxy) is 1. The molecular formula is C11H20N2O. The number of nitrogens with zero attached hydrogens (tertiary/aromatic N) is 1. The minimum atomic E-state index is 0.214. The van der Waals surface area contributed by atoms with Crippen LogP contribution >= 0.6 is 0 Å². The third-order valence-electron chi connectivity index (χ3n) is 3.17. The van der Waals surface area contributed by atoms with Crippen LogP contribution < -0.4 is 5.32 Å². The molecule has 1 fully saturated rings. The summed E-state index contributed by atoms with van der Waals surface area (Å²) >= 11 is 0. The van der Waals surface area contributed by atoms with E-state index in [4.69, 9.17) is 10.00 Å². The van der Waals surface area contributed by atoms with Gasteiger partial charge in [-0.15, -0.1) is 0 Å². The van der Waals surface area contributed by atoms with Crippen LogP contribution in [0.25, 0.3) is 0 Å². The van der Waals surface area contributed by atoms with Crippen LogP contribution in [0.15, 0.2) is 0 Å². The molecule has 2 unspecified atom stereocenters. The minimum Gasteiger partial charge on any atom is -0.378 e. The van der Waals surface area contributed by atoms with Gasteiger partial charge >= 0.3 is 0 Å². The number of nitrogens with one attached hydrogen (secondary N) is 1. The lowest BCUT2D eigenvalue weighted by Gasteiger charge is -2.51. The molecule has 0 aromatic heterocycles. The van der Waals surface area contributed by atoms with E-state index in [2.05, 4.69) is 25.2 Å². The van der Waals surface area contributed by atoms with Crippen molar-refractivity contribution in [2.24, 2.45) is 5.41 Å². The Kier molecular flexibility index (Phi) is 3.91. The summed E-state index contributed by atoms with van der Waals surface area (Å²) in [6, 6.07) is 2.65. The quantitative estimate of drug-likeness (QED) is 0.681. The summed E-state index contributed by atoms with van der Waals surface area (Å²) in [6.07, 6.45) is 2.05. The van der Waals surface area contributed by atoms with Crippen molar-refractivity contribution in [1.82, 2.24) is 5.32 Å². The first-order valence-corrected chi connectivity index (χ1v) is 5.34. The molecule has 0 aromatic carbocycles. The van der Waals surface area contributed by atoms with Gasteiger partial charge in [-0.2, -0.15) is 5.26 Å². The van der Waals surface area contributed by atoms with Gasteiger partial charge in [-0.3, -0.25) is 0 Å². The Morgan fingerprint density at radius 3 is 2.79 bits per heavy atom. The molecule has 0 aliphatic heterocycles. The summed E-state index contributed by atoms with van der Waals surface area (Å²) in [5.74, 6) is 0. The molecule has 1 aliphatic rings. The van der Waals surface area contributed by atoms with E-state index in [9.17, 15) is 0 Å². The first-order chi connectivity index (χ1) is 6.62. The molecule has 2 atom stereocenters. The molecule has 1 saturated carbocycles. The highest BCUT2D eigenvalue weighted by Gasteiger charge is 2.48. The van der Waals surface area contributed by atoms with Crippen molar-refractivity contribution in [3.05, 3.63) is 0 Å². The fourth-order valence-electron chi connectivity index (χ4n) is 2.02. The highest BCUT2D eigenvalue weighted by atomic mass is 16.5. The van der Waals surface area contributed by atoms with Gasteiger partial charge in [0.15, 0.2) is 0 Å². The average Bonchev–Trinajstić information content (AvgIpc) is 2.15. The maximum Gasteiger partial charge on any atom is 0.0655 e. The second-order valence-electron chi connectivity index (χ2n) is 4.42. The standard InChI is InChI=1S/C11H20N2O/c1-4-14-10-8-9(11(10,2)3)13-7-5-6-12/h9-10,13H,4-5,7-8H2,1-3H3. The topological polar surface area (TPSA) is 45.0 Å². The Labute approximate surface area is 86.4 Å². The highest BCUT2D eigenvalue weighted by molar-refractivity contribution is 5.02. The van der Waals surface area contributed by atoms with Crippen molar-refractivity contribution < 1.29 is 4.74 Å². The number of hydrogen-bond acceptors (Lipinski definition) is 3. The Balaban J connectivity index is 2.28. The van der Waals surface area contributed by atoms with Gasteiger partial charge in [-0.25, -0.2) is 0 Å². The van der Waals surface area contributed by atoms with Crippen molar-refractivity contribution in [2.75, 3.05) is 13.2 Å². The van der Waals surface area contributed by atoms with Gasteiger partial charge < -0.3 is 10.1 Å². The predicted octanol–water partition coefficient (Wildman–Crippen LogP) is 1.69. The third-order valence-corrected chi connectivity index (χ3v) is 3.17. The fraction of sp³-hybridized carbons (Fsp3) is 0.909. The molecule has 3 nitrogen and oxygen atoms in total. The van der Waals surface area contributed by atoms with Crippen LogP contribution in [0.3, 0.4) is 0 Å². The van der Waals surface area contributed by atoms with Crippen molar-refractivity contribution in [3.63, 3.8) is 0 Å². The van der Waals surface area contributed by atoms with Crippen LogP contribution in [0.5, 0.6) is 0 Å². The maximum atomic E-state index is 8.42. The first kappa shape index (κ1) is 11.5. The molecule has 1 rings (SSSR count). The van der Waals surface area contributed by atoms with Gasteiger partial charge in [0.25, 0.3) is 0 Å². The van der Waals surface area contributed by atoms with Crippen LogP contribution in [0, 0.1) is 16.7 Å². The molecule has 1 aliphatic carbocycles.